The molecule has 1 aliphatic rings. The van der Waals surface area contributed by atoms with E-state index < -0.39 is 0 Å². The highest BCUT2D eigenvalue weighted by Gasteiger charge is 2.25. The number of carbonyl (C=O) groups is 1. The molecule has 1 aromatic carbocycles. The van der Waals surface area contributed by atoms with Crippen molar-refractivity contribution in [3.05, 3.63) is 23.8 Å². The Balaban J connectivity index is 2.22. The van der Waals surface area contributed by atoms with Crippen LogP contribution in [0.25, 0.3) is 0 Å². The van der Waals surface area contributed by atoms with Crippen molar-refractivity contribution < 1.29 is 14.3 Å². The topological polar surface area (TPSA) is 51.1 Å². The molecule has 1 heterocycles. The molecule has 0 unspecified atom stereocenters. The van der Waals surface area contributed by atoms with Gasteiger partial charge in [0.2, 0.25) is 0 Å². The number of benzene rings is 1. The zero-order valence-corrected chi connectivity index (χ0v) is 14.1. The molecule has 0 atom stereocenters. The zero-order valence-electron chi connectivity index (χ0n) is 13.3. The van der Waals surface area contributed by atoms with Crippen molar-refractivity contribution >= 4 is 22.8 Å². The average molecular weight is 322 g/mol. The first kappa shape index (κ1) is 16.7. The third-order valence-corrected chi connectivity index (χ3v) is 4.01. The van der Waals surface area contributed by atoms with Gasteiger partial charge < -0.3 is 9.47 Å². The molecular formula is C16H22N2O3S. The van der Waals surface area contributed by atoms with E-state index in [2.05, 4.69) is 11.9 Å². The van der Waals surface area contributed by atoms with Crippen LogP contribution in [0.3, 0.4) is 0 Å². The summed E-state index contributed by atoms with van der Waals surface area (Å²) in [6, 6.07) is 5.33. The molecule has 0 fully saturated rings. The summed E-state index contributed by atoms with van der Waals surface area (Å²) in [4.78, 5) is 18.8. The minimum absolute atomic E-state index is 0.0406. The average Bonchev–Trinajstić information content (AvgIpc) is 2.97. The molecule has 0 aromatic heterocycles. The highest BCUT2D eigenvalue weighted by atomic mass is 32.2. The Morgan fingerprint density at radius 3 is 2.64 bits per heavy atom. The zero-order chi connectivity index (χ0) is 15.9. The fourth-order valence-electron chi connectivity index (χ4n) is 2.21. The van der Waals surface area contributed by atoms with E-state index in [-0.39, 0.29) is 5.91 Å². The summed E-state index contributed by atoms with van der Waals surface area (Å²) in [5.74, 6) is 2.13. The number of hydrogen-bond acceptors (Lipinski definition) is 5. The molecule has 0 spiro atoms. The van der Waals surface area contributed by atoms with E-state index in [4.69, 9.17) is 9.47 Å². The van der Waals surface area contributed by atoms with Crippen molar-refractivity contribution in [1.29, 1.82) is 0 Å². The number of ether oxygens (including phenoxy) is 2. The minimum atomic E-state index is -0.0406. The predicted octanol–water partition coefficient (Wildman–Crippen LogP) is 3.05. The number of carbonyl (C=O) groups excluding carboxylic acids is 1. The molecule has 6 heteroatoms. The first-order chi connectivity index (χ1) is 10.7. The van der Waals surface area contributed by atoms with E-state index in [1.807, 2.05) is 13.8 Å². The number of nitrogens with zero attached hydrogens (tertiary/aromatic N) is 2. The van der Waals surface area contributed by atoms with Crippen LogP contribution in [-0.2, 0) is 0 Å². The van der Waals surface area contributed by atoms with Crippen LogP contribution in [0.1, 0.15) is 31.1 Å². The molecule has 1 amide bonds. The van der Waals surface area contributed by atoms with Gasteiger partial charge in [-0.1, -0.05) is 18.7 Å². The second kappa shape index (κ2) is 8.08. The lowest BCUT2D eigenvalue weighted by atomic mass is 10.1. The third-order valence-electron chi connectivity index (χ3n) is 3.11. The monoisotopic (exact) mass is 322 g/mol. The van der Waals surface area contributed by atoms with Crippen LogP contribution in [0, 0.1) is 0 Å². The Morgan fingerprint density at radius 1 is 1.23 bits per heavy atom. The Bertz CT molecular complexity index is 560. The van der Waals surface area contributed by atoms with Crippen molar-refractivity contribution in [2.45, 2.75) is 20.8 Å². The van der Waals surface area contributed by atoms with Gasteiger partial charge in [-0.2, -0.15) is 0 Å². The van der Waals surface area contributed by atoms with Crippen molar-refractivity contribution in [3.8, 4) is 11.5 Å². The maximum absolute atomic E-state index is 12.7. The van der Waals surface area contributed by atoms with Gasteiger partial charge in [-0.25, -0.2) is 0 Å². The second-order valence-electron chi connectivity index (χ2n) is 4.58. The molecule has 5 nitrogen and oxygen atoms in total. The quantitative estimate of drug-likeness (QED) is 0.808. The van der Waals surface area contributed by atoms with Crippen molar-refractivity contribution in [1.82, 2.24) is 4.90 Å². The van der Waals surface area contributed by atoms with Crippen LogP contribution in [0.15, 0.2) is 23.2 Å². The van der Waals surface area contributed by atoms with Gasteiger partial charge in [0.25, 0.3) is 5.91 Å². The molecule has 22 heavy (non-hydrogen) atoms. The summed E-state index contributed by atoms with van der Waals surface area (Å²) < 4.78 is 11.1. The van der Waals surface area contributed by atoms with Gasteiger partial charge in [-0.3, -0.25) is 14.7 Å². The summed E-state index contributed by atoms with van der Waals surface area (Å²) in [5, 5.41) is 0.805. The van der Waals surface area contributed by atoms with Crippen molar-refractivity contribution in [2.75, 3.05) is 32.1 Å². The first-order valence-electron chi connectivity index (χ1n) is 7.60. The minimum Gasteiger partial charge on any atom is -0.490 e. The van der Waals surface area contributed by atoms with E-state index in [0.717, 1.165) is 10.9 Å². The van der Waals surface area contributed by atoms with E-state index >= 15 is 0 Å². The normalized spacial score (nSPS) is 14.0. The van der Waals surface area contributed by atoms with Crippen LogP contribution in [0.4, 0.5) is 0 Å². The molecule has 0 saturated heterocycles. The Morgan fingerprint density at radius 2 is 1.95 bits per heavy atom. The van der Waals surface area contributed by atoms with Crippen molar-refractivity contribution in [2.24, 2.45) is 4.99 Å². The molecule has 120 valence electrons. The Hall–Kier alpha value is -1.69. The molecule has 2 rings (SSSR count). The van der Waals surface area contributed by atoms with Crippen LogP contribution in [-0.4, -0.2) is 48.0 Å². The summed E-state index contributed by atoms with van der Waals surface area (Å²) in [6.45, 7) is 8.28. The Labute approximate surface area is 135 Å². The van der Waals surface area contributed by atoms with Crippen LogP contribution >= 0.6 is 11.8 Å². The summed E-state index contributed by atoms with van der Waals surface area (Å²) in [5.41, 5.74) is 0.596. The SMILES string of the molecule is CCOc1ccc(C(=O)N2CCN=C2SCC)cc1OCC. The second-order valence-corrected chi connectivity index (χ2v) is 5.81. The Kier molecular flexibility index (Phi) is 6.12. The summed E-state index contributed by atoms with van der Waals surface area (Å²) >= 11 is 1.59. The van der Waals surface area contributed by atoms with Crippen molar-refractivity contribution in [3.63, 3.8) is 0 Å². The molecule has 0 bridgehead atoms. The highest BCUT2D eigenvalue weighted by Crippen LogP contribution is 2.29. The number of hydrogen-bond donors (Lipinski definition) is 0. The summed E-state index contributed by atoms with van der Waals surface area (Å²) in [7, 11) is 0. The van der Waals surface area contributed by atoms with Gasteiger partial charge in [0.1, 0.15) is 0 Å². The largest absolute Gasteiger partial charge is 0.490 e. The first-order valence-corrected chi connectivity index (χ1v) is 8.58. The molecule has 0 N–H and O–H groups in total. The third kappa shape index (κ3) is 3.74. The predicted molar refractivity (Wildman–Crippen MR) is 90.3 cm³/mol. The summed E-state index contributed by atoms with van der Waals surface area (Å²) in [6.07, 6.45) is 0. The fourth-order valence-corrected chi connectivity index (χ4v) is 2.98. The van der Waals surface area contributed by atoms with Gasteiger partial charge >= 0.3 is 0 Å². The van der Waals surface area contributed by atoms with Gasteiger partial charge in [-0.05, 0) is 37.8 Å². The number of amidine groups is 1. The lowest BCUT2D eigenvalue weighted by Gasteiger charge is -2.18. The highest BCUT2D eigenvalue weighted by molar-refractivity contribution is 8.13. The molecule has 0 saturated carbocycles. The van der Waals surface area contributed by atoms with Crippen LogP contribution in [0.5, 0.6) is 11.5 Å². The van der Waals surface area contributed by atoms with Crippen LogP contribution < -0.4 is 9.47 Å². The standard InChI is InChI=1S/C16H22N2O3S/c1-4-20-13-8-7-12(11-14(13)21-5-2)15(19)18-10-9-17-16(18)22-6-3/h7-8,11H,4-6,9-10H2,1-3H3. The maximum Gasteiger partial charge on any atom is 0.260 e. The smallest absolute Gasteiger partial charge is 0.260 e. The van der Waals surface area contributed by atoms with Crippen LogP contribution in [0.2, 0.25) is 0 Å². The van der Waals surface area contributed by atoms with E-state index in [0.29, 0.717) is 43.4 Å². The molecular weight excluding hydrogens is 300 g/mol. The fraction of sp³-hybridized carbons (Fsp3) is 0.500. The van der Waals surface area contributed by atoms with E-state index in [9.17, 15) is 4.79 Å². The number of aliphatic imine (C=N–C) groups is 1. The van der Waals surface area contributed by atoms with Gasteiger partial charge in [0.15, 0.2) is 16.7 Å². The molecule has 1 aromatic rings. The lowest BCUT2D eigenvalue weighted by Crippen LogP contribution is -2.32. The van der Waals surface area contributed by atoms with E-state index in [1.54, 1.807) is 34.9 Å². The number of amides is 1. The maximum atomic E-state index is 12.7. The molecule has 0 radical (unpaired) electrons. The lowest BCUT2D eigenvalue weighted by molar-refractivity contribution is 0.0860. The molecule has 1 aliphatic heterocycles. The number of rotatable bonds is 6. The number of thioether (sulfide) groups is 1. The van der Waals surface area contributed by atoms with E-state index in [1.165, 1.54) is 0 Å². The van der Waals surface area contributed by atoms with Gasteiger partial charge in [0.05, 0.1) is 19.8 Å². The molecule has 0 aliphatic carbocycles. The van der Waals surface area contributed by atoms with Gasteiger partial charge in [0, 0.05) is 12.1 Å². The van der Waals surface area contributed by atoms with Gasteiger partial charge in [-0.15, -0.1) is 0 Å².